The average Bonchev–Trinajstić information content (AvgIpc) is 2.80. The fourth-order valence-corrected chi connectivity index (χ4v) is 2.55. The Bertz CT molecular complexity index is 905. The van der Waals surface area contributed by atoms with Crippen LogP contribution in [0.1, 0.15) is 0 Å². The van der Waals surface area contributed by atoms with Gasteiger partial charge < -0.3 is 0 Å². The number of hydrogen-bond donors (Lipinski definition) is 0. The van der Waals surface area contributed by atoms with Gasteiger partial charge in [-0.3, -0.25) is 4.40 Å². The van der Waals surface area contributed by atoms with Crippen LogP contribution >= 0.6 is 11.6 Å². The summed E-state index contributed by atoms with van der Waals surface area (Å²) in [6.45, 7) is 0. The second-order valence-electron chi connectivity index (χ2n) is 4.21. The van der Waals surface area contributed by atoms with Crippen molar-refractivity contribution in [3.63, 3.8) is 0 Å². The van der Waals surface area contributed by atoms with Gasteiger partial charge >= 0.3 is 0 Å². The van der Waals surface area contributed by atoms with Gasteiger partial charge in [-0.2, -0.15) is 0 Å². The molecule has 3 rings (SSSR count). The lowest BCUT2D eigenvalue weighted by atomic mass is 10.4. The standard InChI is InChI=1S/C12H9ClN4O2S/c1-20(18,19)8-2-3-11-15-6-9(17(11)7-8)12-14-5-4-10(13)16-12/h2-7H,1H3. The summed E-state index contributed by atoms with van der Waals surface area (Å²) in [6.07, 6.45) is 5.76. The predicted molar refractivity (Wildman–Crippen MR) is 74.3 cm³/mol. The number of halogens is 1. The molecule has 0 unspecified atom stereocenters. The lowest BCUT2D eigenvalue weighted by Gasteiger charge is -2.03. The third-order valence-electron chi connectivity index (χ3n) is 2.76. The fourth-order valence-electron chi connectivity index (χ4n) is 1.81. The molecule has 3 aromatic rings. The molecule has 0 fully saturated rings. The van der Waals surface area contributed by atoms with Crippen LogP contribution in [0.2, 0.25) is 5.15 Å². The normalized spacial score (nSPS) is 11.9. The molecule has 20 heavy (non-hydrogen) atoms. The number of hydrogen-bond acceptors (Lipinski definition) is 5. The molecule has 0 aromatic carbocycles. The van der Waals surface area contributed by atoms with E-state index < -0.39 is 9.84 Å². The molecule has 3 aromatic heterocycles. The van der Waals surface area contributed by atoms with Gasteiger partial charge in [0.2, 0.25) is 0 Å². The summed E-state index contributed by atoms with van der Waals surface area (Å²) >= 11 is 5.84. The van der Waals surface area contributed by atoms with Gasteiger partial charge in [0.25, 0.3) is 0 Å². The summed E-state index contributed by atoms with van der Waals surface area (Å²) < 4.78 is 24.9. The van der Waals surface area contributed by atoms with E-state index in [0.717, 1.165) is 6.26 Å². The predicted octanol–water partition coefficient (Wildman–Crippen LogP) is 1.85. The molecule has 0 spiro atoms. The van der Waals surface area contributed by atoms with Gasteiger partial charge in [-0.1, -0.05) is 11.6 Å². The average molecular weight is 309 g/mol. The lowest BCUT2D eigenvalue weighted by Crippen LogP contribution is -2.00. The van der Waals surface area contributed by atoms with Gasteiger partial charge in [-0.25, -0.2) is 23.4 Å². The molecule has 0 aliphatic heterocycles. The van der Waals surface area contributed by atoms with Crippen LogP contribution in [-0.4, -0.2) is 34.0 Å². The Morgan fingerprint density at radius 1 is 1.20 bits per heavy atom. The van der Waals surface area contributed by atoms with E-state index in [4.69, 9.17) is 11.6 Å². The minimum Gasteiger partial charge on any atom is -0.296 e. The second kappa shape index (κ2) is 4.53. The number of imidazole rings is 1. The maximum Gasteiger partial charge on any atom is 0.179 e. The zero-order valence-corrected chi connectivity index (χ0v) is 11.9. The monoisotopic (exact) mass is 308 g/mol. The van der Waals surface area contributed by atoms with Crippen LogP contribution in [0.4, 0.5) is 0 Å². The largest absolute Gasteiger partial charge is 0.296 e. The fraction of sp³-hybridized carbons (Fsp3) is 0.0833. The molecule has 0 aliphatic rings. The molecule has 0 N–H and O–H groups in total. The topological polar surface area (TPSA) is 77.2 Å². The molecule has 0 amide bonds. The summed E-state index contributed by atoms with van der Waals surface area (Å²) in [6, 6.07) is 4.71. The van der Waals surface area contributed by atoms with Gasteiger partial charge in [-0.05, 0) is 18.2 Å². The Morgan fingerprint density at radius 3 is 2.70 bits per heavy atom. The molecule has 0 saturated heterocycles. The van der Waals surface area contributed by atoms with E-state index in [-0.39, 0.29) is 4.90 Å². The summed E-state index contributed by atoms with van der Waals surface area (Å²) in [5.41, 5.74) is 1.18. The zero-order valence-electron chi connectivity index (χ0n) is 10.4. The van der Waals surface area contributed by atoms with Crippen molar-refractivity contribution in [2.75, 3.05) is 6.26 Å². The smallest absolute Gasteiger partial charge is 0.179 e. The Labute approximate surface area is 120 Å². The first-order valence-electron chi connectivity index (χ1n) is 5.61. The molecule has 102 valence electrons. The molecule has 0 aliphatic carbocycles. The summed E-state index contributed by atoms with van der Waals surface area (Å²) in [7, 11) is -3.29. The van der Waals surface area contributed by atoms with Gasteiger partial charge in [0.05, 0.1) is 11.1 Å². The molecule has 0 radical (unpaired) electrons. The van der Waals surface area contributed by atoms with Crippen molar-refractivity contribution < 1.29 is 8.42 Å². The summed E-state index contributed by atoms with van der Waals surface area (Å²) in [5.74, 6) is 0.385. The maximum atomic E-state index is 11.6. The van der Waals surface area contributed by atoms with E-state index >= 15 is 0 Å². The SMILES string of the molecule is CS(=O)(=O)c1ccc2ncc(-c3nccc(Cl)n3)n2c1. The molecule has 8 heteroatoms. The van der Waals surface area contributed by atoms with Crippen molar-refractivity contribution in [2.45, 2.75) is 4.90 Å². The van der Waals surface area contributed by atoms with Crippen LogP contribution in [0, 0.1) is 0 Å². The second-order valence-corrected chi connectivity index (χ2v) is 6.61. The van der Waals surface area contributed by atoms with Crippen molar-refractivity contribution in [1.29, 1.82) is 0 Å². The Balaban J connectivity index is 2.27. The molecule has 3 heterocycles. The quantitative estimate of drug-likeness (QED) is 0.675. The molecule has 0 saturated carbocycles. The van der Waals surface area contributed by atoms with Gasteiger partial charge in [0.1, 0.15) is 16.5 Å². The zero-order chi connectivity index (χ0) is 14.3. The van der Waals surface area contributed by atoms with Crippen molar-refractivity contribution in [3.8, 4) is 11.5 Å². The van der Waals surface area contributed by atoms with Crippen LogP contribution in [0.5, 0.6) is 0 Å². The highest BCUT2D eigenvalue weighted by Crippen LogP contribution is 2.20. The maximum absolute atomic E-state index is 11.6. The van der Waals surface area contributed by atoms with Crippen molar-refractivity contribution in [3.05, 3.63) is 41.9 Å². The number of nitrogens with zero attached hydrogens (tertiary/aromatic N) is 4. The number of pyridine rings is 1. The van der Waals surface area contributed by atoms with Crippen LogP contribution in [0.15, 0.2) is 41.7 Å². The van der Waals surface area contributed by atoms with Crippen LogP contribution in [-0.2, 0) is 9.84 Å². The lowest BCUT2D eigenvalue weighted by molar-refractivity contribution is 0.601. The van der Waals surface area contributed by atoms with Gasteiger partial charge in [0, 0.05) is 18.6 Å². The number of aromatic nitrogens is 4. The van der Waals surface area contributed by atoms with E-state index in [2.05, 4.69) is 15.0 Å². The summed E-state index contributed by atoms with van der Waals surface area (Å²) in [4.78, 5) is 12.6. The highest BCUT2D eigenvalue weighted by atomic mass is 35.5. The van der Waals surface area contributed by atoms with Crippen molar-refractivity contribution >= 4 is 27.1 Å². The molecule has 0 atom stereocenters. The molecule has 0 bridgehead atoms. The molecule has 6 nitrogen and oxygen atoms in total. The Kier molecular flexibility index (Phi) is 2.95. The number of fused-ring (bicyclic) bond motifs is 1. The third kappa shape index (κ3) is 2.25. The molecular weight excluding hydrogens is 300 g/mol. The highest BCUT2D eigenvalue weighted by Gasteiger charge is 2.13. The molecular formula is C12H9ClN4O2S. The third-order valence-corrected chi connectivity index (χ3v) is 4.07. The van der Waals surface area contributed by atoms with E-state index in [1.54, 1.807) is 22.7 Å². The Hall–Kier alpha value is -1.99. The van der Waals surface area contributed by atoms with Crippen LogP contribution in [0.25, 0.3) is 17.2 Å². The van der Waals surface area contributed by atoms with E-state index in [0.29, 0.717) is 22.3 Å². The first kappa shape index (κ1) is 13.0. The Morgan fingerprint density at radius 2 is 2.00 bits per heavy atom. The van der Waals surface area contributed by atoms with E-state index in [1.165, 1.54) is 18.5 Å². The van der Waals surface area contributed by atoms with Gasteiger partial charge in [0.15, 0.2) is 15.7 Å². The minimum absolute atomic E-state index is 0.200. The van der Waals surface area contributed by atoms with E-state index in [1.807, 2.05) is 0 Å². The van der Waals surface area contributed by atoms with Gasteiger partial charge in [-0.15, -0.1) is 0 Å². The van der Waals surface area contributed by atoms with Crippen LogP contribution in [0.3, 0.4) is 0 Å². The number of rotatable bonds is 2. The number of sulfone groups is 1. The minimum atomic E-state index is -3.29. The summed E-state index contributed by atoms with van der Waals surface area (Å²) in [5, 5.41) is 0.309. The highest BCUT2D eigenvalue weighted by molar-refractivity contribution is 7.90. The van der Waals surface area contributed by atoms with Crippen LogP contribution < -0.4 is 0 Å². The first-order chi connectivity index (χ1) is 9.45. The van der Waals surface area contributed by atoms with Crippen molar-refractivity contribution in [2.24, 2.45) is 0 Å². The van der Waals surface area contributed by atoms with E-state index in [9.17, 15) is 8.42 Å². The first-order valence-corrected chi connectivity index (χ1v) is 7.88. The van der Waals surface area contributed by atoms with Crippen molar-refractivity contribution in [1.82, 2.24) is 19.4 Å².